The summed E-state index contributed by atoms with van der Waals surface area (Å²) in [4.78, 5) is 51.6. The molecule has 0 spiro atoms. The van der Waals surface area contributed by atoms with Crippen molar-refractivity contribution in [3.05, 3.63) is 89.2 Å². The highest BCUT2D eigenvalue weighted by Crippen LogP contribution is 2.30. The number of aromatic nitrogens is 2. The van der Waals surface area contributed by atoms with E-state index in [2.05, 4.69) is 25.5 Å². The summed E-state index contributed by atoms with van der Waals surface area (Å²) in [6.45, 7) is 6.76. The molecule has 0 bridgehead atoms. The first-order valence-electron chi connectivity index (χ1n) is 13.6. The third-order valence-electron chi connectivity index (χ3n) is 6.66. The first-order valence-corrected chi connectivity index (χ1v) is 14.5. The van der Waals surface area contributed by atoms with Crippen LogP contribution >= 0.6 is 11.3 Å². The van der Waals surface area contributed by atoms with Crippen LogP contribution in [-0.4, -0.2) is 76.8 Å². The highest BCUT2D eigenvalue weighted by Gasteiger charge is 2.23. The number of nitrogens with one attached hydrogen (secondary N) is 2. The molecule has 5 rings (SSSR count). The predicted molar refractivity (Wildman–Crippen MR) is 163 cm³/mol. The van der Waals surface area contributed by atoms with Crippen LogP contribution in [0.4, 0.5) is 11.4 Å². The Hall–Kier alpha value is -4.61. The van der Waals surface area contributed by atoms with Gasteiger partial charge in [-0.1, -0.05) is 12.1 Å². The summed E-state index contributed by atoms with van der Waals surface area (Å²) in [5.74, 6) is -0.322. The molecule has 4 aromatic rings. The molecule has 2 N–H and O–H groups in total. The third kappa shape index (κ3) is 6.99. The van der Waals surface area contributed by atoms with E-state index in [1.54, 1.807) is 66.3 Å². The maximum Gasteiger partial charge on any atom is 0.275 e. The van der Waals surface area contributed by atoms with Crippen LogP contribution < -0.4 is 15.4 Å². The number of thiazole rings is 1. The van der Waals surface area contributed by atoms with Crippen LogP contribution in [-0.2, 0) is 0 Å². The van der Waals surface area contributed by atoms with Gasteiger partial charge >= 0.3 is 0 Å². The average Bonchev–Trinajstić information content (AvgIpc) is 3.49. The van der Waals surface area contributed by atoms with E-state index in [-0.39, 0.29) is 23.6 Å². The van der Waals surface area contributed by atoms with E-state index >= 15 is 0 Å². The van der Waals surface area contributed by atoms with Gasteiger partial charge in [-0.15, -0.1) is 11.3 Å². The van der Waals surface area contributed by atoms with E-state index in [4.69, 9.17) is 4.74 Å². The number of amides is 3. The molecule has 3 amide bonds. The topological polar surface area (TPSA) is 117 Å². The van der Waals surface area contributed by atoms with Gasteiger partial charge in [0, 0.05) is 54.4 Å². The Morgan fingerprint density at radius 2 is 1.74 bits per heavy atom. The van der Waals surface area contributed by atoms with Crippen LogP contribution in [0.2, 0.25) is 0 Å². The number of benzene rings is 2. The summed E-state index contributed by atoms with van der Waals surface area (Å²) in [6.07, 6.45) is 3.04. The number of likely N-dealkylation sites (N-methyl/N-ethyl adjacent to an activating group) is 1. The Morgan fingerprint density at radius 1 is 0.929 bits per heavy atom. The smallest absolute Gasteiger partial charge is 0.275 e. The number of piperazine rings is 1. The number of hydrogen-bond acceptors (Lipinski definition) is 8. The Balaban J connectivity index is 1.30. The lowest BCUT2D eigenvalue weighted by Gasteiger charge is -2.32. The first kappa shape index (κ1) is 28.9. The second kappa shape index (κ2) is 12.9. The highest BCUT2D eigenvalue weighted by molar-refractivity contribution is 7.13. The van der Waals surface area contributed by atoms with Crippen LogP contribution in [0.25, 0.3) is 10.6 Å². The summed E-state index contributed by atoms with van der Waals surface area (Å²) in [6, 6.07) is 15.6. The minimum Gasteiger partial charge on any atom is -0.489 e. The third-order valence-corrected chi connectivity index (χ3v) is 7.55. The van der Waals surface area contributed by atoms with Gasteiger partial charge in [-0.2, -0.15) is 0 Å². The van der Waals surface area contributed by atoms with Crippen LogP contribution in [0.15, 0.2) is 72.4 Å². The van der Waals surface area contributed by atoms with Crippen LogP contribution in [0.5, 0.6) is 5.75 Å². The zero-order valence-corrected chi connectivity index (χ0v) is 24.5. The van der Waals surface area contributed by atoms with Crippen molar-refractivity contribution < 1.29 is 19.1 Å². The number of pyridine rings is 1. The SMILES string of the molecule is CC(C)Oc1cc(C(=O)N2CCN(C)CC2)ccc1NC(=O)c1csc(-c2cccc(C(=O)Nc3cccnc3)c2)n1. The molecule has 1 fully saturated rings. The number of rotatable bonds is 8. The molecule has 0 atom stereocenters. The fourth-order valence-electron chi connectivity index (χ4n) is 4.43. The molecule has 0 saturated carbocycles. The summed E-state index contributed by atoms with van der Waals surface area (Å²) in [5, 5.41) is 7.97. The van der Waals surface area contributed by atoms with E-state index in [0.717, 1.165) is 13.1 Å². The van der Waals surface area contributed by atoms with Crippen molar-refractivity contribution in [3.8, 4) is 16.3 Å². The van der Waals surface area contributed by atoms with Crippen molar-refractivity contribution in [1.29, 1.82) is 0 Å². The van der Waals surface area contributed by atoms with Crippen LogP contribution in [0, 0.1) is 0 Å². The minimum atomic E-state index is -0.408. The normalized spacial score (nSPS) is 13.6. The molecule has 2 aromatic carbocycles. The Bertz CT molecular complexity index is 1580. The second-order valence-corrected chi connectivity index (χ2v) is 11.1. The van der Waals surface area contributed by atoms with E-state index in [0.29, 0.717) is 51.9 Å². The van der Waals surface area contributed by atoms with Gasteiger partial charge in [-0.25, -0.2) is 4.98 Å². The van der Waals surface area contributed by atoms with Crippen molar-refractivity contribution in [2.75, 3.05) is 43.9 Å². The van der Waals surface area contributed by atoms with E-state index < -0.39 is 5.91 Å². The molecule has 0 unspecified atom stereocenters. The molecule has 1 aliphatic heterocycles. The van der Waals surface area contributed by atoms with Crippen molar-refractivity contribution in [1.82, 2.24) is 19.8 Å². The van der Waals surface area contributed by atoms with Crippen molar-refractivity contribution >= 4 is 40.4 Å². The lowest BCUT2D eigenvalue weighted by molar-refractivity contribution is 0.0663. The molecule has 3 heterocycles. The fraction of sp³-hybridized carbons (Fsp3) is 0.258. The summed E-state index contributed by atoms with van der Waals surface area (Å²) >= 11 is 1.30. The predicted octanol–water partition coefficient (Wildman–Crippen LogP) is 4.88. The molecule has 11 heteroatoms. The Kier molecular flexibility index (Phi) is 8.89. The zero-order chi connectivity index (χ0) is 29.6. The van der Waals surface area contributed by atoms with Gasteiger partial charge in [-0.3, -0.25) is 19.4 Å². The molecule has 216 valence electrons. The fourth-order valence-corrected chi connectivity index (χ4v) is 5.23. The summed E-state index contributed by atoms with van der Waals surface area (Å²) in [7, 11) is 2.04. The number of nitrogens with zero attached hydrogens (tertiary/aromatic N) is 4. The molecule has 10 nitrogen and oxygen atoms in total. The Labute approximate surface area is 248 Å². The van der Waals surface area contributed by atoms with E-state index in [1.165, 1.54) is 11.3 Å². The standard InChI is InChI=1S/C31H32N6O4S/c1-20(2)41-27-17-23(31(40)37-14-12-36(3)13-15-37)9-10-25(27)34-29(39)26-19-42-30(35-26)22-7-4-6-21(16-22)28(38)33-24-8-5-11-32-18-24/h4-11,16-20H,12-15H2,1-3H3,(H,33,38)(H,34,39). The van der Waals surface area contributed by atoms with Gasteiger partial charge in [-0.05, 0) is 63.4 Å². The van der Waals surface area contributed by atoms with Gasteiger partial charge in [0.25, 0.3) is 17.7 Å². The summed E-state index contributed by atoms with van der Waals surface area (Å²) < 4.78 is 5.98. The number of ether oxygens (including phenoxy) is 1. The van der Waals surface area contributed by atoms with Crippen molar-refractivity contribution in [2.45, 2.75) is 20.0 Å². The van der Waals surface area contributed by atoms with Crippen LogP contribution in [0.3, 0.4) is 0 Å². The average molecular weight is 585 g/mol. The quantitative estimate of drug-likeness (QED) is 0.303. The van der Waals surface area contributed by atoms with Gasteiger partial charge in [0.15, 0.2) is 0 Å². The molecule has 1 saturated heterocycles. The number of carbonyl (C=O) groups excluding carboxylic acids is 3. The van der Waals surface area contributed by atoms with E-state index in [9.17, 15) is 14.4 Å². The second-order valence-electron chi connectivity index (χ2n) is 10.2. The minimum absolute atomic E-state index is 0.0601. The lowest BCUT2D eigenvalue weighted by Crippen LogP contribution is -2.47. The first-order chi connectivity index (χ1) is 20.3. The molecule has 42 heavy (non-hydrogen) atoms. The van der Waals surface area contributed by atoms with Crippen LogP contribution in [0.1, 0.15) is 45.1 Å². The molecule has 1 aliphatic rings. The number of hydrogen-bond donors (Lipinski definition) is 2. The van der Waals surface area contributed by atoms with Crippen molar-refractivity contribution in [2.24, 2.45) is 0 Å². The molecular formula is C31H32N6O4S. The van der Waals surface area contributed by atoms with Gasteiger partial charge in [0.1, 0.15) is 16.5 Å². The zero-order valence-electron chi connectivity index (χ0n) is 23.7. The summed E-state index contributed by atoms with van der Waals surface area (Å²) in [5.41, 5.74) is 2.96. The lowest BCUT2D eigenvalue weighted by atomic mass is 10.1. The van der Waals surface area contributed by atoms with Gasteiger partial charge in [0.2, 0.25) is 0 Å². The molecule has 2 aromatic heterocycles. The monoisotopic (exact) mass is 584 g/mol. The highest BCUT2D eigenvalue weighted by atomic mass is 32.1. The molecule has 0 radical (unpaired) electrons. The largest absolute Gasteiger partial charge is 0.489 e. The van der Waals surface area contributed by atoms with Gasteiger partial charge in [0.05, 0.1) is 23.7 Å². The molecular weight excluding hydrogens is 552 g/mol. The Morgan fingerprint density at radius 3 is 2.48 bits per heavy atom. The maximum atomic E-state index is 13.2. The number of anilines is 2. The van der Waals surface area contributed by atoms with Crippen molar-refractivity contribution in [3.63, 3.8) is 0 Å². The maximum absolute atomic E-state index is 13.2. The number of carbonyl (C=O) groups is 3. The molecule has 0 aliphatic carbocycles. The van der Waals surface area contributed by atoms with E-state index in [1.807, 2.05) is 31.9 Å². The van der Waals surface area contributed by atoms with Gasteiger partial charge < -0.3 is 25.2 Å².